The number of aliphatic imine (C=N–C) groups is 1. The lowest BCUT2D eigenvalue weighted by molar-refractivity contribution is -0.147. The largest absolute Gasteiger partial charge is 0.504 e. The zero-order valence-corrected chi connectivity index (χ0v) is 16.4. The smallest absolute Gasteiger partial charge is 0.315 e. The van der Waals surface area contributed by atoms with E-state index in [1.54, 1.807) is 25.1 Å². The summed E-state index contributed by atoms with van der Waals surface area (Å²) in [6.07, 6.45) is 1.87. The number of nitrogens with zero attached hydrogens (tertiary/aromatic N) is 1. The molecule has 1 aromatic rings. The molecule has 3 rings (SSSR count). The Kier molecular flexibility index (Phi) is 6.14. The van der Waals surface area contributed by atoms with Crippen molar-refractivity contribution in [2.75, 3.05) is 27.4 Å². The van der Waals surface area contributed by atoms with Gasteiger partial charge in [0.15, 0.2) is 17.3 Å². The van der Waals surface area contributed by atoms with Gasteiger partial charge in [0.05, 0.1) is 13.7 Å². The number of hydrogen-bond donors (Lipinski definition) is 1. The van der Waals surface area contributed by atoms with E-state index < -0.39 is 17.8 Å². The van der Waals surface area contributed by atoms with Gasteiger partial charge in [0.1, 0.15) is 12.5 Å². The molecule has 0 radical (unpaired) electrons. The van der Waals surface area contributed by atoms with Gasteiger partial charge in [-0.2, -0.15) is 0 Å². The van der Waals surface area contributed by atoms with Crippen LogP contribution >= 0.6 is 0 Å². The third kappa shape index (κ3) is 3.80. The highest BCUT2D eigenvalue weighted by Gasteiger charge is 2.43. The molecule has 0 bridgehead atoms. The minimum atomic E-state index is -0.731. The van der Waals surface area contributed by atoms with E-state index in [1.165, 1.54) is 14.2 Å². The van der Waals surface area contributed by atoms with Crippen molar-refractivity contribution in [3.05, 3.63) is 35.0 Å². The van der Waals surface area contributed by atoms with E-state index in [0.29, 0.717) is 35.4 Å². The number of hydrogen-bond acceptors (Lipinski definition) is 7. The highest BCUT2D eigenvalue weighted by atomic mass is 16.6. The van der Waals surface area contributed by atoms with Crippen molar-refractivity contribution in [3.63, 3.8) is 0 Å². The molecule has 0 spiro atoms. The molecule has 0 saturated heterocycles. The van der Waals surface area contributed by atoms with Crippen LogP contribution < -0.4 is 4.74 Å². The van der Waals surface area contributed by atoms with Crippen LogP contribution in [0.1, 0.15) is 37.7 Å². The molecule has 28 heavy (non-hydrogen) atoms. The summed E-state index contributed by atoms with van der Waals surface area (Å²) in [6.45, 7) is 2.19. The number of carbonyl (C=O) groups is 2. The van der Waals surface area contributed by atoms with Gasteiger partial charge in [-0.05, 0) is 37.5 Å². The Labute approximate surface area is 164 Å². The fraction of sp³-hybridized carbons (Fsp3) is 0.476. The topological polar surface area (TPSA) is 94.4 Å². The summed E-state index contributed by atoms with van der Waals surface area (Å²) in [4.78, 5) is 30.2. The summed E-state index contributed by atoms with van der Waals surface area (Å²) in [5.41, 5.74) is 2.55. The first-order valence-electron chi connectivity index (χ1n) is 9.31. The minimum Gasteiger partial charge on any atom is -0.504 e. The summed E-state index contributed by atoms with van der Waals surface area (Å²) in [7, 11) is 3.00. The van der Waals surface area contributed by atoms with Gasteiger partial charge in [0, 0.05) is 36.4 Å². The fourth-order valence-corrected chi connectivity index (χ4v) is 3.89. The molecule has 2 atom stereocenters. The number of carbonyl (C=O) groups excluding carboxylic acids is 2. The molecular formula is C21H25NO6. The SMILES string of the molecule is COCCOC(=O)C1C(C)=NC2=C(C(=O)CCC2)[C@H]1c1ccc(OC)c(O)c1. The van der Waals surface area contributed by atoms with Crippen molar-refractivity contribution in [1.82, 2.24) is 0 Å². The predicted octanol–water partition coefficient (Wildman–Crippen LogP) is 2.77. The van der Waals surface area contributed by atoms with E-state index in [2.05, 4.69) is 4.99 Å². The molecule has 0 amide bonds. The van der Waals surface area contributed by atoms with Crippen LogP contribution in [0, 0.1) is 5.92 Å². The number of rotatable bonds is 6. The molecule has 150 valence electrons. The molecule has 1 heterocycles. The Morgan fingerprint density at radius 1 is 1.25 bits per heavy atom. The normalized spacial score (nSPS) is 21.8. The number of allylic oxidation sites excluding steroid dienone is 2. The molecule has 0 fully saturated rings. The maximum atomic E-state index is 12.9. The summed E-state index contributed by atoms with van der Waals surface area (Å²) < 4.78 is 15.4. The van der Waals surface area contributed by atoms with Crippen LogP contribution in [-0.4, -0.2) is 50.0 Å². The second kappa shape index (κ2) is 8.56. The van der Waals surface area contributed by atoms with Crippen LogP contribution in [0.4, 0.5) is 0 Å². The zero-order chi connectivity index (χ0) is 20.3. The van der Waals surface area contributed by atoms with Crippen molar-refractivity contribution in [1.29, 1.82) is 0 Å². The summed E-state index contributed by atoms with van der Waals surface area (Å²) in [5.74, 6) is -1.46. The molecule has 7 nitrogen and oxygen atoms in total. The lowest BCUT2D eigenvalue weighted by atomic mass is 9.71. The number of ether oxygens (including phenoxy) is 3. The van der Waals surface area contributed by atoms with E-state index >= 15 is 0 Å². The molecule has 1 aliphatic carbocycles. The van der Waals surface area contributed by atoms with Crippen LogP contribution in [0.2, 0.25) is 0 Å². The lowest BCUT2D eigenvalue weighted by Gasteiger charge is -2.34. The average molecular weight is 387 g/mol. The first-order chi connectivity index (χ1) is 13.5. The third-order valence-electron chi connectivity index (χ3n) is 5.18. The van der Waals surface area contributed by atoms with Crippen molar-refractivity contribution in [2.24, 2.45) is 10.9 Å². The molecule has 0 saturated carbocycles. The van der Waals surface area contributed by atoms with E-state index in [9.17, 15) is 14.7 Å². The standard InChI is InChI=1S/C21H25NO6/c1-12-18(21(25)28-10-9-26-2)19(13-7-8-17(27-3)16(24)11-13)20-14(22-12)5-4-6-15(20)23/h7-8,11,18-19,24H,4-6,9-10H2,1-3H3/t18?,19-/m0/s1. The number of ketones is 1. The Morgan fingerprint density at radius 3 is 2.71 bits per heavy atom. The maximum Gasteiger partial charge on any atom is 0.315 e. The predicted molar refractivity (Wildman–Crippen MR) is 103 cm³/mol. The lowest BCUT2D eigenvalue weighted by Crippen LogP contribution is -2.37. The van der Waals surface area contributed by atoms with E-state index in [0.717, 1.165) is 12.1 Å². The number of phenols is 1. The zero-order valence-electron chi connectivity index (χ0n) is 16.4. The molecular weight excluding hydrogens is 362 g/mol. The van der Waals surface area contributed by atoms with E-state index in [-0.39, 0.29) is 24.7 Å². The Morgan fingerprint density at radius 2 is 2.04 bits per heavy atom. The van der Waals surface area contributed by atoms with Gasteiger partial charge in [0.25, 0.3) is 0 Å². The van der Waals surface area contributed by atoms with Crippen LogP contribution in [-0.2, 0) is 19.1 Å². The van der Waals surface area contributed by atoms with Gasteiger partial charge in [-0.3, -0.25) is 14.6 Å². The van der Waals surface area contributed by atoms with Crippen molar-refractivity contribution >= 4 is 17.5 Å². The summed E-state index contributed by atoms with van der Waals surface area (Å²) >= 11 is 0. The Hall–Kier alpha value is -2.67. The Bertz CT molecular complexity index is 841. The quantitative estimate of drug-likeness (QED) is 0.596. The number of aromatic hydroxyl groups is 1. The summed E-state index contributed by atoms with van der Waals surface area (Å²) in [5, 5.41) is 10.3. The van der Waals surface area contributed by atoms with Gasteiger partial charge in [-0.1, -0.05) is 6.07 Å². The molecule has 0 aromatic heterocycles. The van der Waals surface area contributed by atoms with Crippen molar-refractivity contribution in [2.45, 2.75) is 32.1 Å². The maximum absolute atomic E-state index is 12.9. The minimum absolute atomic E-state index is 0.00695. The van der Waals surface area contributed by atoms with Gasteiger partial charge in [-0.25, -0.2) is 0 Å². The summed E-state index contributed by atoms with van der Waals surface area (Å²) in [6, 6.07) is 4.94. The second-order valence-electron chi connectivity index (χ2n) is 6.94. The highest BCUT2D eigenvalue weighted by Crippen LogP contribution is 2.45. The third-order valence-corrected chi connectivity index (χ3v) is 5.18. The highest BCUT2D eigenvalue weighted by molar-refractivity contribution is 6.08. The average Bonchev–Trinajstić information content (AvgIpc) is 2.67. The van der Waals surface area contributed by atoms with Crippen molar-refractivity contribution < 1.29 is 28.9 Å². The first-order valence-corrected chi connectivity index (χ1v) is 9.31. The van der Waals surface area contributed by atoms with Gasteiger partial charge in [0.2, 0.25) is 0 Å². The number of methoxy groups -OCH3 is 2. The molecule has 1 aliphatic heterocycles. The van der Waals surface area contributed by atoms with Crippen LogP contribution in [0.15, 0.2) is 34.5 Å². The fourth-order valence-electron chi connectivity index (χ4n) is 3.89. The first kappa shape index (κ1) is 20.1. The van der Waals surface area contributed by atoms with Crippen LogP contribution in [0.3, 0.4) is 0 Å². The molecule has 1 aromatic carbocycles. The number of benzene rings is 1. The Balaban J connectivity index is 2.06. The van der Waals surface area contributed by atoms with E-state index in [4.69, 9.17) is 14.2 Å². The molecule has 1 N–H and O–H groups in total. The molecule has 1 unspecified atom stereocenters. The molecule has 2 aliphatic rings. The van der Waals surface area contributed by atoms with Gasteiger partial charge < -0.3 is 19.3 Å². The number of phenolic OH excluding ortho intramolecular Hbond substituents is 1. The monoisotopic (exact) mass is 387 g/mol. The molecule has 7 heteroatoms. The van der Waals surface area contributed by atoms with Gasteiger partial charge in [-0.15, -0.1) is 0 Å². The van der Waals surface area contributed by atoms with Crippen LogP contribution in [0.5, 0.6) is 11.5 Å². The van der Waals surface area contributed by atoms with E-state index in [1.807, 2.05) is 0 Å². The van der Waals surface area contributed by atoms with Crippen molar-refractivity contribution in [3.8, 4) is 11.5 Å². The van der Waals surface area contributed by atoms with Gasteiger partial charge >= 0.3 is 5.97 Å². The van der Waals surface area contributed by atoms with Crippen LogP contribution in [0.25, 0.3) is 0 Å². The second-order valence-corrected chi connectivity index (χ2v) is 6.94. The number of Topliss-reactive ketones (excluding diaryl/α,β-unsaturated/α-hetero) is 1. The number of esters is 1.